The van der Waals surface area contributed by atoms with Gasteiger partial charge in [-0.1, -0.05) is 6.07 Å². The Morgan fingerprint density at radius 1 is 1.39 bits per heavy atom. The number of benzene rings is 1. The summed E-state index contributed by atoms with van der Waals surface area (Å²) in [7, 11) is 1.63. The average molecular weight is 311 g/mol. The van der Waals surface area contributed by atoms with Crippen LogP contribution in [0, 0.1) is 6.92 Å². The van der Waals surface area contributed by atoms with E-state index in [1.165, 1.54) is 0 Å². The van der Waals surface area contributed by atoms with E-state index in [9.17, 15) is 5.11 Å². The van der Waals surface area contributed by atoms with Crippen molar-refractivity contribution in [1.29, 1.82) is 0 Å². The van der Waals surface area contributed by atoms with Gasteiger partial charge < -0.3 is 14.3 Å². The Kier molecular flexibility index (Phi) is 4.09. The van der Waals surface area contributed by atoms with Gasteiger partial charge >= 0.3 is 0 Å². The second-order valence-electron chi connectivity index (χ2n) is 4.16. The molecule has 1 atom stereocenters. The number of rotatable bonds is 4. The average Bonchev–Trinajstić information content (AvgIpc) is 2.76. The van der Waals surface area contributed by atoms with Crippen molar-refractivity contribution >= 4 is 15.9 Å². The maximum absolute atomic E-state index is 10.1. The first-order valence-electron chi connectivity index (χ1n) is 5.66. The smallest absolute Gasteiger partial charge is 0.135 e. The quantitative estimate of drug-likeness (QED) is 0.937. The molecule has 0 radical (unpaired) electrons. The van der Waals surface area contributed by atoms with E-state index in [2.05, 4.69) is 15.9 Å². The first-order valence-corrected chi connectivity index (χ1v) is 6.45. The molecule has 0 saturated heterocycles. The molecule has 1 unspecified atom stereocenters. The fourth-order valence-electron chi connectivity index (χ4n) is 1.88. The number of ether oxygens (including phenoxy) is 1. The fourth-order valence-corrected chi connectivity index (χ4v) is 2.47. The number of furan rings is 1. The van der Waals surface area contributed by atoms with E-state index in [1.807, 2.05) is 31.2 Å². The molecule has 96 valence electrons. The highest BCUT2D eigenvalue weighted by molar-refractivity contribution is 9.10. The van der Waals surface area contributed by atoms with Crippen molar-refractivity contribution in [3.05, 3.63) is 51.9 Å². The molecule has 0 amide bonds. The zero-order valence-corrected chi connectivity index (χ0v) is 11.9. The molecule has 2 rings (SSSR count). The first kappa shape index (κ1) is 13.2. The number of halogens is 1. The summed E-state index contributed by atoms with van der Waals surface area (Å²) < 4.78 is 11.3. The van der Waals surface area contributed by atoms with E-state index in [0.29, 0.717) is 12.2 Å². The Hall–Kier alpha value is -1.26. The van der Waals surface area contributed by atoms with Crippen LogP contribution >= 0.6 is 15.9 Å². The highest BCUT2D eigenvalue weighted by Gasteiger charge is 2.15. The summed E-state index contributed by atoms with van der Waals surface area (Å²) in [5.74, 6) is 1.41. The number of aliphatic hydroxyl groups is 1. The minimum atomic E-state index is -0.625. The summed E-state index contributed by atoms with van der Waals surface area (Å²) in [5, 5.41) is 10.1. The minimum Gasteiger partial charge on any atom is -0.496 e. The highest BCUT2D eigenvalue weighted by Crippen LogP contribution is 2.28. The molecule has 0 spiro atoms. The third-order valence-corrected chi connectivity index (χ3v) is 3.47. The standard InChI is InChI=1S/C14H15BrO3/c1-9-5-6-18-14(9)12(16)8-10-3-4-13(17-2)11(15)7-10/h3-7,12,16H,8H2,1-2H3. The zero-order valence-electron chi connectivity index (χ0n) is 10.3. The first-order chi connectivity index (χ1) is 8.61. The van der Waals surface area contributed by atoms with Crippen molar-refractivity contribution in [2.75, 3.05) is 7.11 Å². The van der Waals surface area contributed by atoms with Crippen LogP contribution in [0.15, 0.2) is 39.4 Å². The van der Waals surface area contributed by atoms with Gasteiger partial charge in [0.05, 0.1) is 17.8 Å². The molecule has 0 aliphatic rings. The van der Waals surface area contributed by atoms with E-state index in [0.717, 1.165) is 21.3 Å². The largest absolute Gasteiger partial charge is 0.496 e. The number of aryl methyl sites for hydroxylation is 1. The number of methoxy groups -OCH3 is 1. The van der Waals surface area contributed by atoms with Crippen LogP contribution in [0.25, 0.3) is 0 Å². The van der Waals surface area contributed by atoms with Crippen molar-refractivity contribution in [2.24, 2.45) is 0 Å². The molecule has 0 aliphatic heterocycles. The van der Waals surface area contributed by atoms with E-state index < -0.39 is 6.10 Å². The van der Waals surface area contributed by atoms with Crippen LogP contribution in [0.2, 0.25) is 0 Å². The predicted molar refractivity (Wildman–Crippen MR) is 72.8 cm³/mol. The summed E-state index contributed by atoms with van der Waals surface area (Å²) in [6.07, 6.45) is 1.48. The van der Waals surface area contributed by atoms with E-state index >= 15 is 0 Å². The minimum absolute atomic E-state index is 0.511. The lowest BCUT2D eigenvalue weighted by Crippen LogP contribution is -2.02. The molecule has 0 saturated carbocycles. The molecular weight excluding hydrogens is 296 g/mol. The van der Waals surface area contributed by atoms with Crippen molar-refractivity contribution in [2.45, 2.75) is 19.4 Å². The second kappa shape index (κ2) is 5.59. The lowest BCUT2D eigenvalue weighted by molar-refractivity contribution is 0.149. The van der Waals surface area contributed by atoms with Gasteiger partial charge in [0.25, 0.3) is 0 Å². The summed E-state index contributed by atoms with van der Waals surface area (Å²) in [6.45, 7) is 1.92. The number of hydrogen-bond acceptors (Lipinski definition) is 3. The molecular formula is C14H15BrO3. The van der Waals surface area contributed by atoms with Crippen LogP contribution < -0.4 is 4.74 Å². The van der Waals surface area contributed by atoms with Gasteiger partial charge in [0, 0.05) is 6.42 Å². The van der Waals surface area contributed by atoms with Crippen LogP contribution in [0.1, 0.15) is 23.0 Å². The van der Waals surface area contributed by atoms with Crippen LogP contribution in [0.3, 0.4) is 0 Å². The van der Waals surface area contributed by atoms with Crippen LogP contribution in [0.4, 0.5) is 0 Å². The zero-order chi connectivity index (χ0) is 13.1. The third-order valence-electron chi connectivity index (χ3n) is 2.85. The van der Waals surface area contributed by atoms with Gasteiger partial charge in [-0.3, -0.25) is 0 Å². The van der Waals surface area contributed by atoms with Crippen molar-refractivity contribution < 1.29 is 14.3 Å². The molecule has 1 N–H and O–H groups in total. The lowest BCUT2D eigenvalue weighted by atomic mass is 10.0. The topological polar surface area (TPSA) is 42.6 Å². The van der Waals surface area contributed by atoms with Gasteiger partial charge in [0.2, 0.25) is 0 Å². The molecule has 1 heterocycles. The Morgan fingerprint density at radius 3 is 2.72 bits per heavy atom. The predicted octanol–water partition coefficient (Wildman–Crippen LogP) is 3.64. The van der Waals surface area contributed by atoms with Gasteiger partial charge in [0.1, 0.15) is 17.6 Å². The Morgan fingerprint density at radius 2 is 2.17 bits per heavy atom. The molecule has 0 fully saturated rings. The maximum atomic E-state index is 10.1. The van der Waals surface area contributed by atoms with E-state index in [4.69, 9.17) is 9.15 Å². The van der Waals surface area contributed by atoms with Crippen molar-refractivity contribution in [1.82, 2.24) is 0 Å². The number of hydrogen-bond donors (Lipinski definition) is 1. The SMILES string of the molecule is COc1ccc(CC(O)c2occc2C)cc1Br. The van der Waals surface area contributed by atoms with Crippen molar-refractivity contribution in [3.63, 3.8) is 0 Å². The second-order valence-corrected chi connectivity index (χ2v) is 5.01. The summed E-state index contributed by atoms with van der Waals surface area (Å²) >= 11 is 3.43. The van der Waals surface area contributed by atoms with E-state index in [-0.39, 0.29) is 0 Å². The Balaban J connectivity index is 2.15. The van der Waals surface area contributed by atoms with Crippen LogP contribution in [0.5, 0.6) is 5.75 Å². The Labute approximate surface area is 115 Å². The monoisotopic (exact) mass is 310 g/mol. The van der Waals surface area contributed by atoms with Crippen LogP contribution in [-0.2, 0) is 6.42 Å². The molecule has 2 aromatic rings. The number of aliphatic hydroxyl groups excluding tert-OH is 1. The summed E-state index contributed by atoms with van der Waals surface area (Å²) in [6, 6.07) is 7.61. The van der Waals surface area contributed by atoms with E-state index in [1.54, 1.807) is 13.4 Å². The van der Waals surface area contributed by atoms with Gasteiger partial charge in [-0.2, -0.15) is 0 Å². The normalized spacial score (nSPS) is 12.4. The molecule has 1 aromatic carbocycles. The van der Waals surface area contributed by atoms with Gasteiger partial charge in [-0.25, -0.2) is 0 Å². The van der Waals surface area contributed by atoms with Gasteiger partial charge in [0.15, 0.2) is 0 Å². The van der Waals surface area contributed by atoms with Crippen molar-refractivity contribution in [3.8, 4) is 5.75 Å². The highest BCUT2D eigenvalue weighted by atomic mass is 79.9. The molecule has 1 aromatic heterocycles. The molecule has 18 heavy (non-hydrogen) atoms. The van der Waals surface area contributed by atoms with Gasteiger partial charge in [-0.05, 0) is 52.2 Å². The molecule has 0 bridgehead atoms. The Bertz CT molecular complexity index is 534. The molecule has 3 nitrogen and oxygen atoms in total. The van der Waals surface area contributed by atoms with Gasteiger partial charge in [-0.15, -0.1) is 0 Å². The fraction of sp³-hybridized carbons (Fsp3) is 0.286. The summed E-state index contributed by atoms with van der Waals surface area (Å²) in [4.78, 5) is 0. The maximum Gasteiger partial charge on any atom is 0.135 e. The summed E-state index contributed by atoms with van der Waals surface area (Å²) in [5.41, 5.74) is 1.99. The lowest BCUT2D eigenvalue weighted by Gasteiger charge is -2.11. The third kappa shape index (κ3) is 2.76. The molecule has 0 aliphatic carbocycles. The molecule has 4 heteroatoms. The van der Waals surface area contributed by atoms with Crippen LogP contribution in [-0.4, -0.2) is 12.2 Å².